The van der Waals surface area contributed by atoms with Gasteiger partial charge >= 0.3 is 12.0 Å². The molecule has 0 fully saturated rings. The molecule has 0 spiro atoms. The number of carbonyl (C=O) groups excluding carboxylic acids is 1. The Balaban J connectivity index is 3.07. The number of nitrogens with one attached hydrogen (secondary N) is 1. The summed E-state index contributed by atoms with van der Waals surface area (Å²) in [4.78, 5) is 24.0. The number of amides is 2. The average Bonchev–Trinajstić information content (AvgIpc) is 2.32. The number of carboxylic acid groups (broad SMARTS) is 1. The van der Waals surface area contributed by atoms with Crippen LogP contribution in [-0.2, 0) is 0 Å². The molecule has 0 heterocycles. The third kappa shape index (κ3) is 2.91. The molecule has 6 nitrogen and oxygen atoms in total. The van der Waals surface area contributed by atoms with E-state index in [4.69, 9.17) is 10.8 Å². The van der Waals surface area contributed by atoms with E-state index in [1.165, 1.54) is 23.1 Å². The van der Waals surface area contributed by atoms with Gasteiger partial charge in [-0.3, -0.25) is 4.90 Å². The first-order chi connectivity index (χ1) is 8.51. The second-order valence-corrected chi connectivity index (χ2v) is 3.66. The third-order valence-corrected chi connectivity index (χ3v) is 2.45. The van der Waals surface area contributed by atoms with Crippen LogP contribution in [0.1, 0.15) is 24.2 Å². The molecule has 0 saturated carbocycles. The Morgan fingerprint density at radius 3 is 2.50 bits per heavy atom. The van der Waals surface area contributed by atoms with Crippen LogP contribution in [0, 0.1) is 0 Å². The monoisotopic (exact) mass is 251 g/mol. The predicted molar refractivity (Wildman–Crippen MR) is 69.9 cm³/mol. The molecule has 0 unspecified atom stereocenters. The minimum absolute atomic E-state index is 0.100. The number of hydrogen-bond acceptors (Lipinski definition) is 3. The maximum absolute atomic E-state index is 11.8. The maximum atomic E-state index is 11.8. The molecule has 0 aliphatic carbocycles. The smallest absolute Gasteiger partial charge is 0.335 e. The van der Waals surface area contributed by atoms with Gasteiger partial charge in [-0.25, -0.2) is 9.59 Å². The van der Waals surface area contributed by atoms with Gasteiger partial charge in [-0.15, -0.1) is 0 Å². The van der Waals surface area contributed by atoms with Gasteiger partial charge < -0.3 is 16.2 Å². The summed E-state index contributed by atoms with van der Waals surface area (Å²) in [5.74, 6) is -1.05. The predicted octanol–water partition coefficient (Wildman–Crippen LogP) is 1.52. The Hall–Kier alpha value is -2.24. The van der Waals surface area contributed by atoms with Gasteiger partial charge in [0.05, 0.1) is 16.9 Å². The summed E-state index contributed by atoms with van der Waals surface area (Å²) in [7, 11) is 0. The summed E-state index contributed by atoms with van der Waals surface area (Å²) in [6.07, 6.45) is 0. The fourth-order valence-corrected chi connectivity index (χ4v) is 1.60. The number of nitrogens with zero attached hydrogens (tertiary/aromatic N) is 1. The van der Waals surface area contributed by atoms with Crippen LogP contribution in [0.2, 0.25) is 0 Å². The molecule has 18 heavy (non-hydrogen) atoms. The highest BCUT2D eigenvalue weighted by molar-refractivity contribution is 5.97. The maximum Gasteiger partial charge on any atom is 0.335 e. The zero-order valence-corrected chi connectivity index (χ0v) is 10.4. The van der Waals surface area contributed by atoms with E-state index < -0.39 is 5.97 Å². The highest BCUT2D eigenvalue weighted by Gasteiger charge is 2.16. The Morgan fingerprint density at radius 1 is 1.39 bits per heavy atom. The molecular weight excluding hydrogens is 234 g/mol. The van der Waals surface area contributed by atoms with Crippen molar-refractivity contribution in [3.05, 3.63) is 23.8 Å². The lowest BCUT2D eigenvalue weighted by molar-refractivity contribution is 0.0697. The average molecular weight is 251 g/mol. The number of urea groups is 1. The van der Waals surface area contributed by atoms with Crippen molar-refractivity contribution in [1.82, 2.24) is 5.32 Å². The van der Waals surface area contributed by atoms with Crippen molar-refractivity contribution < 1.29 is 14.7 Å². The molecule has 6 heteroatoms. The molecule has 0 atom stereocenters. The van der Waals surface area contributed by atoms with Gasteiger partial charge in [0.2, 0.25) is 0 Å². The van der Waals surface area contributed by atoms with Crippen molar-refractivity contribution in [2.75, 3.05) is 23.7 Å². The van der Waals surface area contributed by atoms with E-state index in [1.807, 2.05) is 13.8 Å². The first-order valence-corrected chi connectivity index (χ1v) is 5.69. The Morgan fingerprint density at radius 2 is 2.06 bits per heavy atom. The van der Waals surface area contributed by atoms with Crippen LogP contribution in [0.3, 0.4) is 0 Å². The van der Waals surface area contributed by atoms with Crippen LogP contribution in [0.25, 0.3) is 0 Å². The van der Waals surface area contributed by atoms with Gasteiger partial charge in [0.25, 0.3) is 0 Å². The number of anilines is 2. The number of aromatic carboxylic acids is 1. The molecule has 0 radical (unpaired) electrons. The normalized spacial score (nSPS) is 9.89. The zero-order valence-electron chi connectivity index (χ0n) is 10.4. The lowest BCUT2D eigenvalue weighted by atomic mass is 10.1. The molecule has 0 bridgehead atoms. The first-order valence-electron chi connectivity index (χ1n) is 5.69. The van der Waals surface area contributed by atoms with Gasteiger partial charge in [-0.1, -0.05) is 0 Å². The third-order valence-electron chi connectivity index (χ3n) is 2.45. The molecule has 1 aromatic carbocycles. The van der Waals surface area contributed by atoms with E-state index in [2.05, 4.69) is 5.32 Å². The van der Waals surface area contributed by atoms with Crippen molar-refractivity contribution in [3.63, 3.8) is 0 Å². The number of nitrogen functional groups attached to an aromatic ring is 1. The SMILES string of the molecule is CCNC(=O)N(CC)c1ccc(C(=O)O)cc1N. The molecule has 4 N–H and O–H groups in total. The standard InChI is InChI=1S/C12H17N3O3/c1-3-14-12(18)15(4-2)10-6-5-8(11(16)17)7-9(10)13/h5-7H,3-4,13H2,1-2H3,(H,14,18)(H,16,17). The number of benzene rings is 1. The topological polar surface area (TPSA) is 95.7 Å². The lowest BCUT2D eigenvalue weighted by Gasteiger charge is -2.22. The second-order valence-electron chi connectivity index (χ2n) is 3.66. The quantitative estimate of drug-likeness (QED) is 0.707. The van der Waals surface area contributed by atoms with E-state index in [9.17, 15) is 9.59 Å². The van der Waals surface area contributed by atoms with Crippen molar-refractivity contribution >= 4 is 23.4 Å². The second kappa shape index (κ2) is 5.90. The minimum atomic E-state index is -1.05. The highest BCUT2D eigenvalue weighted by Crippen LogP contribution is 2.24. The summed E-state index contributed by atoms with van der Waals surface area (Å²) in [6, 6.07) is 4.06. The highest BCUT2D eigenvalue weighted by atomic mass is 16.4. The molecule has 1 rings (SSSR count). The number of carbonyl (C=O) groups is 2. The molecule has 0 aliphatic heterocycles. The van der Waals surface area contributed by atoms with Gasteiger partial charge in [0.1, 0.15) is 0 Å². The summed E-state index contributed by atoms with van der Waals surface area (Å²) in [5.41, 5.74) is 6.66. The Kier molecular flexibility index (Phi) is 4.53. The first kappa shape index (κ1) is 13.8. The lowest BCUT2D eigenvalue weighted by Crippen LogP contribution is -2.40. The molecule has 1 aromatic rings. The van der Waals surface area contributed by atoms with E-state index in [0.717, 1.165) is 0 Å². The van der Waals surface area contributed by atoms with Crippen molar-refractivity contribution in [3.8, 4) is 0 Å². The summed E-state index contributed by atoms with van der Waals surface area (Å²) in [5, 5.41) is 11.5. The molecule has 0 aliphatic rings. The molecule has 0 aromatic heterocycles. The summed E-state index contributed by atoms with van der Waals surface area (Å²) in [6.45, 7) is 4.60. The molecular formula is C12H17N3O3. The van der Waals surface area contributed by atoms with E-state index in [1.54, 1.807) is 0 Å². The Bertz CT molecular complexity index is 460. The molecule has 98 valence electrons. The van der Waals surface area contributed by atoms with E-state index in [0.29, 0.717) is 18.8 Å². The molecule has 2 amide bonds. The van der Waals surface area contributed by atoms with Crippen LogP contribution in [0.5, 0.6) is 0 Å². The summed E-state index contributed by atoms with van der Waals surface area (Å²) >= 11 is 0. The van der Waals surface area contributed by atoms with Crippen molar-refractivity contribution in [1.29, 1.82) is 0 Å². The fourth-order valence-electron chi connectivity index (χ4n) is 1.60. The van der Waals surface area contributed by atoms with Crippen LogP contribution in [-0.4, -0.2) is 30.2 Å². The van der Waals surface area contributed by atoms with E-state index in [-0.39, 0.29) is 17.3 Å². The van der Waals surface area contributed by atoms with Crippen LogP contribution < -0.4 is 16.0 Å². The number of hydrogen-bond donors (Lipinski definition) is 3. The zero-order chi connectivity index (χ0) is 13.7. The van der Waals surface area contributed by atoms with Gasteiger partial charge in [0, 0.05) is 13.1 Å². The Labute approximate surface area is 105 Å². The van der Waals surface area contributed by atoms with Crippen LogP contribution >= 0.6 is 0 Å². The van der Waals surface area contributed by atoms with Crippen LogP contribution in [0.4, 0.5) is 16.2 Å². The van der Waals surface area contributed by atoms with Crippen molar-refractivity contribution in [2.45, 2.75) is 13.8 Å². The van der Waals surface area contributed by atoms with Crippen molar-refractivity contribution in [2.24, 2.45) is 0 Å². The van der Waals surface area contributed by atoms with Gasteiger partial charge in [-0.2, -0.15) is 0 Å². The largest absolute Gasteiger partial charge is 0.478 e. The fraction of sp³-hybridized carbons (Fsp3) is 0.333. The van der Waals surface area contributed by atoms with Gasteiger partial charge in [0.15, 0.2) is 0 Å². The van der Waals surface area contributed by atoms with E-state index >= 15 is 0 Å². The van der Waals surface area contributed by atoms with Gasteiger partial charge in [-0.05, 0) is 32.0 Å². The van der Waals surface area contributed by atoms with Crippen LogP contribution in [0.15, 0.2) is 18.2 Å². The number of rotatable bonds is 4. The number of carboxylic acids is 1. The summed E-state index contributed by atoms with van der Waals surface area (Å²) < 4.78 is 0. The minimum Gasteiger partial charge on any atom is -0.478 e. The molecule has 0 saturated heterocycles. The number of nitrogens with two attached hydrogens (primary N) is 1.